The topological polar surface area (TPSA) is 80.3 Å². The van der Waals surface area contributed by atoms with E-state index in [0.717, 1.165) is 11.3 Å². The Morgan fingerprint density at radius 3 is 2.70 bits per heavy atom. The highest BCUT2D eigenvalue weighted by Gasteiger charge is 2.10. The Balaban J connectivity index is 1.73. The molecular weight excluding hydrogens is 294 g/mol. The molecule has 0 radical (unpaired) electrons. The van der Waals surface area contributed by atoms with Gasteiger partial charge >= 0.3 is 0 Å². The number of aromatic hydroxyl groups is 1. The summed E-state index contributed by atoms with van der Waals surface area (Å²) in [5.74, 6) is 2.43. The molecule has 0 saturated carbocycles. The van der Waals surface area contributed by atoms with E-state index in [1.54, 1.807) is 18.2 Å². The monoisotopic (exact) mass is 311 g/mol. The Labute approximate surface area is 133 Å². The third kappa shape index (κ3) is 3.60. The second-order valence-corrected chi connectivity index (χ2v) is 4.82. The zero-order chi connectivity index (χ0) is 16.1. The van der Waals surface area contributed by atoms with Gasteiger partial charge in [0.2, 0.25) is 0 Å². The number of aromatic nitrogens is 3. The normalized spacial score (nSPS) is 10.5. The third-order valence-corrected chi connectivity index (χ3v) is 3.17. The van der Waals surface area contributed by atoms with Crippen molar-refractivity contribution in [1.29, 1.82) is 0 Å². The number of H-pyrrole nitrogens is 1. The number of nitrogens with zero attached hydrogens (tertiary/aromatic N) is 2. The molecule has 3 rings (SSSR count). The van der Waals surface area contributed by atoms with Crippen LogP contribution in [-0.4, -0.2) is 26.9 Å². The average Bonchev–Trinajstić information content (AvgIpc) is 3.05. The summed E-state index contributed by atoms with van der Waals surface area (Å²) in [5, 5.41) is 16.8. The molecule has 6 heteroatoms. The molecule has 1 heterocycles. The van der Waals surface area contributed by atoms with Gasteiger partial charge in [0.05, 0.1) is 6.61 Å². The third-order valence-electron chi connectivity index (χ3n) is 3.17. The molecule has 23 heavy (non-hydrogen) atoms. The van der Waals surface area contributed by atoms with Crippen molar-refractivity contribution in [2.45, 2.75) is 13.5 Å². The van der Waals surface area contributed by atoms with Crippen molar-refractivity contribution in [2.75, 3.05) is 6.61 Å². The number of phenols is 1. The second kappa shape index (κ2) is 6.83. The first-order valence-corrected chi connectivity index (χ1v) is 7.31. The molecule has 0 bridgehead atoms. The summed E-state index contributed by atoms with van der Waals surface area (Å²) < 4.78 is 11.0. The largest absolute Gasteiger partial charge is 0.504 e. The number of phenolic OH excluding ortho intramolecular Hbond substituents is 1. The first-order chi connectivity index (χ1) is 11.3. The fourth-order valence-electron chi connectivity index (χ4n) is 2.08. The van der Waals surface area contributed by atoms with Gasteiger partial charge in [-0.2, -0.15) is 5.10 Å². The fraction of sp³-hybridized carbons (Fsp3) is 0.176. The van der Waals surface area contributed by atoms with Gasteiger partial charge in [-0.3, -0.25) is 5.10 Å². The molecule has 3 aromatic rings. The van der Waals surface area contributed by atoms with E-state index in [2.05, 4.69) is 15.2 Å². The zero-order valence-electron chi connectivity index (χ0n) is 12.7. The lowest BCUT2D eigenvalue weighted by Crippen LogP contribution is -1.97. The summed E-state index contributed by atoms with van der Waals surface area (Å²) in [6.07, 6.45) is 0. The molecule has 0 aliphatic rings. The summed E-state index contributed by atoms with van der Waals surface area (Å²) in [4.78, 5) is 4.40. The predicted octanol–water partition coefficient (Wildman–Crippen LogP) is 3.16. The lowest BCUT2D eigenvalue weighted by molar-refractivity contribution is 0.296. The Kier molecular flexibility index (Phi) is 4.42. The minimum atomic E-state index is 0.0961. The van der Waals surface area contributed by atoms with E-state index in [0.29, 0.717) is 30.6 Å². The number of ether oxygens (including phenoxy) is 2. The van der Waals surface area contributed by atoms with E-state index in [-0.39, 0.29) is 5.75 Å². The highest BCUT2D eigenvalue weighted by Crippen LogP contribution is 2.30. The van der Waals surface area contributed by atoms with Gasteiger partial charge < -0.3 is 14.6 Å². The van der Waals surface area contributed by atoms with Crippen LogP contribution in [0.15, 0.2) is 48.5 Å². The smallest absolute Gasteiger partial charge is 0.181 e. The van der Waals surface area contributed by atoms with Gasteiger partial charge in [-0.05, 0) is 37.3 Å². The van der Waals surface area contributed by atoms with Crippen LogP contribution in [0.5, 0.6) is 17.2 Å². The molecular formula is C17H17N3O3. The highest BCUT2D eigenvalue weighted by molar-refractivity contribution is 5.60. The lowest BCUT2D eigenvalue weighted by atomic mass is 10.2. The maximum Gasteiger partial charge on any atom is 0.181 e. The Hall–Kier alpha value is -3.02. The maximum atomic E-state index is 9.73. The van der Waals surface area contributed by atoms with Crippen LogP contribution in [0.3, 0.4) is 0 Å². The fourth-order valence-corrected chi connectivity index (χ4v) is 2.08. The van der Waals surface area contributed by atoms with Crippen LogP contribution < -0.4 is 9.47 Å². The SMILES string of the molecule is CCOc1cc(-c2n[nH]c(COc3ccccc3)n2)ccc1O. The molecule has 0 aliphatic carbocycles. The van der Waals surface area contributed by atoms with Gasteiger partial charge in [-0.1, -0.05) is 18.2 Å². The van der Waals surface area contributed by atoms with Crippen molar-refractivity contribution >= 4 is 0 Å². The van der Waals surface area contributed by atoms with Gasteiger partial charge in [0, 0.05) is 5.56 Å². The molecule has 0 saturated heterocycles. The molecule has 0 aliphatic heterocycles. The summed E-state index contributed by atoms with van der Waals surface area (Å²) in [6.45, 7) is 2.63. The molecule has 0 unspecified atom stereocenters. The average molecular weight is 311 g/mol. The first-order valence-electron chi connectivity index (χ1n) is 7.31. The number of para-hydroxylation sites is 1. The van der Waals surface area contributed by atoms with Crippen LogP contribution >= 0.6 is 0 Å². The van der Waals surface area contributed by atoms with E-state index in [9.17, 15) is 5.11 Å². The van der Waals surface area contributed by atoms with Crippen molar-refractivity contribution < 1.29 is 14.6 Å². The van der Waals surface area contributed by atoms with Gasteiger partial charge in [0.25, 0.3) is 0 Å². The number of nitrogens with one attached hydrogen (secondary N) is 1. The van der Waals surface area contributed by atoms with E-state index in [1.165, 1.54) is 0 Å². The first kappa shape index (κ1) is 14.9. The van der Waals surface area contributed by atoms with Crippen LogP contribution in [0.1, 0.15) is 12.7 Å². The minimum absolute atomic E-state index is 0.0961. The number of aromatic amines is 1. The minimum Gasteiger partial charge on any atom is -0.504 e. The summed E-state index contributed by atoms with van der Waals surface area (Å²) in [6, 6.07) is 14.5. The number of hydrogen-bond donors (Lipinski definition) is 2. The second-order valence-electron chi connectivity index (χ2n) is 4.82. The molecule has 118 valence electrons. The number of benzene rings is 2. The van der Waals surface area contributed by atoms with Crippen LogP contribution in [0.4, 0.5) is 0 Å². The van der Waals surface area contributed by atoms with Crippen molar-refractivity contribution in [1.82, 2.24) is 15.2 Å². The van der Waals surface area contributed by atoms with E-state index in [1.807, 2.05) is 37.3 Å². The van der Waals surface area contributed by atoms with Crippen LogP contribution in [0, 0.1) is 0 Å². The van der Waals surface area contributed by atoms with E-state index < -0.39 is 0 Å². The van der Waals surface area contributed by atoms with Gasteiger partial charge in [0.1, 0.15) is 12.4 Å². The molecule has 0 atom stereocenters. The molecule has 1 aromatic heterocycles. The van der Waals surface area contributed by atoms with Crippen LogP contribution in [0.2, 0.25) is 0 Å². The Morgan fingerprint density at radius 1 is 1.09 bits per heavy atom. The number of rotatable bonds is 6. The predicted molar refractivity (Wildman–Crippen MR) is 85.4 cm³/mol. The molecule has 0 amide bonds. The van der Waals surface area contributed by atoms with Crippen LogP contribution in [0.25, 0.3) is 11.4 Å². The quantitative estimate of drug-likeness (QED) is 0.731. The molecule has 0 fully saturated rings. The Morgan fingerprint density at radius 2 is 1.91 bits per heavy atom. The summed E-state index contributed by atoms with van der Waals surface area (Å²) in [5.41, 5.74) is 0.758. The molecule has 2 aromatic carbocycles. The zero-order valence-corrected chi connectivity index (χ0v) is 12.7. The van der Waals surface area contributed by atoms with Crippen LogP contribution in [-0.2, 0) is 6.61 Å². The lowest BCUT2D eigenvalue weighted by Gasteiger charge is -2.06. The van der Waals surface area contributed by atoms with Crippen molar-refractivity contribution in [3.63, 3.8) is 0 Å². The maximum absolute atomic E-state index is 9.73. The molecule has 6 nitrogen and oxygen atoms in total. The Bertz CT molecular complexity index is 772. The highest BCUT2D eigenvalue weighted by atomic mass is 16.5. The van der Waals surface area contributed by atoms with Gasteiger partial charge in [-0.15, -0.1) is 0 Å². The van der Waals surface area contributed by atoms with Crippen molar-refractivity contribution in [3.05, 3.63) is 54.4 Å². The standard InChI is InChI=1S/C17H17N3O3/c1-2-22-15-10-12(8-9-14(15)21)17-18-16(19-20-17)11-23-13-6-4-3-5-7-13/h3-10,21H,2,11H2,1H3,(H,18,19,20). The van der Waals surface area contributed by atoms with E-state index >= 15 is 0 Å². The molecule has 2 N–H and O–H groups in total. The molecule has 0 spiro atoms. The summed E-state index contributed by atoms with van der Waals surface area (Å²) >= 11 is 0. The van der Waals surface area contributed by atoms with Crippen molar-refractivity contribution in [2.24, 2.45) is 0 Å². The van der Waals surface area contributed by atoms with Gasteiger partial charge in [-0.25, -0.2) is 4.98 Å². The van der Waals surface area contributed by atoms with Crippen molar-refractivity contribution in [3.8, 4) is 28.6 Å². The number of hydrogen-bond acceptors (Lipinski definition) is 5. The summed E-state index contributed by atoms with van der Waals surface area (Å²) in [7, 11) is 0. The van der Waals surface area contributed by atoms with E-state index in [4.69, 9.17) is 9.47 Å². The van der Waals surface area contributed by atoms with Gasteiger partial charge in [0.15, 0.2) is 23.1 Å².